The molecule has 1 aliphatic rings. The van der Waals surface area contributed by atoms with Crippen molar-refractivity contribution in [1.82, 2.24) is 19.7 Å². The molecule has 25 heavy (non-hydrogen) atoms. The minimum absolute atomic E-state index is 0.776. The Morgan fingerprint density at radius 1 is 1.00 bits per heavy atom. The van der Waals surface area contributed by atoms with E-state index in [0.717, 1.165) is 60.3 Å². The van der Waals surface area contributed by atoms with Gasteiger partial charge in [-0.25, -0.2) is 9.97 Å². The maximum absolute atomic E-state index is 5.50. The number of aryl methyl sites for hydroxylation is 2. The van der Waals surface area contributed by atoms with Gasteiger partial charge < -0.3 is 14.5 Å². The van der Waals surface area contributed by atoms with Crippen LogP contribution in [0.25, 0.3) is 11.0 Å². The van der Waals surface area contributed by atoms with Crippen molar-refractivity contribution in [3.63, 3.8) is 0 Å². The summed E-state index contributed by atoms with van der Waals surface area (Å²) in [4.78, 5) is 13.9. The molecular formula is C18H22N6O. The lowest BCUT2D eigenvalue weighted by molar-refractivity contribution is 0.413. The molecule has 2 aromatic heterocycles. The fraction of sp³-hybridized carbons (Fsp3) is 0.389. The molecule has 7 heteroatoms. The SMILES string of the molecule is COc1ccccc1N1CCN(c2nc(C)nc3c2cnn3C)CC1. The molecule has 0 saturated carbocycles. The Balaban J connectivity index is 1.58. The molecule has 0 N–H and O–H groups in total. The number of rotatable bonds is 3. The predicted octanol–water partition coefficient (Wildman–Crippen LogP) is 2.01. The minimum atomic E-state index is 0.776. The normalized spacial score (nSPS) is 15.0. The Morgan fingerprint density at radius 3 is 2.48 bits per heavy atom. The zero-order chi connectivity index (χ0) is 17.4. The number of piperazine rings is 1. The van der Waals surface area contributed by atoms with Gasteiger partial charge in [0, 0.05) is 33.2 Å². The molecule has 0 aliphatic carbocycles. The van der Waals surface area contributed by atoms with E-state index in [9.17, 15) is 0 Å². The number of nitrogens with zero attached hydrogens (tertiary/aromatic N) is 6. The van der Waals surface area contributed by atoms with E-state index in [2.05, 4.69) is 37.0 Å². The second-order valence-electron chi connectivity index (χ2n) is 6.25. The van der Waals surface area contributed by atoms with Gasteiger partial charge in [0.1, 0.15) is 17.4 Å². The van der Waals surface area contributed by atoms with E-state index in [1.165, 1.54) is 0 Å². The standard InChI is InChI=1S/C18H22N6O/c1-13-20-17-14(12-19-22(17)2)18(21-13)24-10-8-23(9-11-24)15-6-4-5-7-16(15)25-3/h4-7,12H,8-11H2,1-3H3. The average molecular weight is 338 g/mol. The zero-order valence-electron chi connectivity index (χ0n) is 14.8. The number of para-hydroxylation sites is 2. The van der Waals surface area contributed by atoms with Crippen molar-refractivity contribution < 1.29 is 4.74 Å². The Morgan fingerprint density at radius 2 is 1.72 bits per heavy atom. The second kappa shape index (κ2) is 6.23. The fourth-order valence-corrected chi connectivity index (χ4v) is 3.40. The lowest BCUT2D eigenvalue weighted by Gasteiger charge is -2.37. The summed E-state index contributed by atoms with van der Waals surface area (Å²) in [6.07, 6.45) is 1.86. The molecule has 4 rings (SSSR count). The van der Waals surface area contributed by atoms with E-state index in [1.807, 2.05) is 32.3 Å². The smallest absolute Gasteiger partial charge is 0.163 e. The first-order valence-electron chi connectivity index (χ1n) is 8.46. The van der Waals surface area contributed by atoms with E-state index in [1.54, 1.807) is 11.8 Å². The first-order chi connectivity index (χ1) is 12.2. The molecule has 1 aromatic carbocycles. The lowest BCUT2D eigenvalue weighted by Crippen LogP contribution is -2.47. The molecule has 0 spiro atoms. The van der Waals surface area contributed by atoms with Crippen molar-refractivity contribution in [3.8, 4) is 5.75 Å². The quantitative estimate of drug-likeness (QED) is 0.728. The number of hydrogen-bond acceptors (Lipinski definition) is 6. The Kier molecular flexibility index (Phi) is 3.91. The second-order valence-corrected chi connectivity index (χ2v) is 6.25. The van der Waals surface area contributed by atoms with E-state index in [-0.39, 0.29) is 0 Å². The minimum Gasteiger partial charge on any atom is -0.495 e. The summed E-state index contributed by atoms with van der Waals surface area (Å²) in [7, 11) is 3.63. The van der Waals surface area contributed by atoms with Crippen molar-refractivity contribution in [2.24, 2.45) is 7.05 Å². The molecule has 0 bridgehead atoms. The van der Waals surface area contributed by atoms with Crippen LogP contribution in [-0.2, 0) is 7.05 Å². The van der Waals surface area contributed by atoms with Crippen molar-refractivity contribution >= 4 is 22.5 Å². The number of benzene rings is 1. The maximum atomic E-state index is 5.50. The maximum Gasteiger partial charge on any atom is 0.163 e. The van der Waals surface area contributed by atoms with Crippen molar-refractivity contribution in [2.75, 3.05) is 43.1 Å². The predicted molar refractivity (Wildman–Crippen MR) is 98.5 cm³/mol. The summed E-state index contributed by atoms with van der Waals surface area (Å²) in [5.74, 6) is 2.68. The molecule has 3 heterocycles. The van der Waals surface area contributed by atoms with Gasteiger partial charge in [0.2, 0.25) is 0 Å². The number of fused-ring (bicyclic) bond motifs is 1. The van der Waals surface area contributed by atoms with E-state index in [0.29, 0.717) is 0 Å². The van der Waals surface area contributed by atoms with Gasteiger partial charge in [-0.15, -0.1) is 0 Å². The Bertz CT molecular complexity index is 898. The highest BCUT2D eigenvalue weighted by Crippen LogP contribution is 2.30. The van der Waals surface area contributed by atoms with Crippen LogP contribution in [0.2, 0.25) is 0 Å². The first kappa shape index (κ1) is 15.7. The summed E-state index contributed by atoms with van der Waals surface area (Å²) in [5.41, 5.74) is 2.03. The summed E-state index contributed by atoms with van der Waals surface area (Å²) in [5, 5.41) is 5.35. The summed E-state index contributed by atoms with van der Waals surface area (Å²) >= 11 is 0. The van der Waals surface area contributed by atoms with Crippen LogP contribution in [0.15, 0.2) is 30.5 Å². The van der Waals surface area contributed by atoms with Crippen molar-refractivity contribution in [3.05, 3.63) is 36.3 Å². The Labute approximate surface area is 146 Å². The molecule has 3 aromatic rings. The molecule has 1 saturated heterocycles. The summed E-state index contributed by atoms with van der Waals surface area (Å²) in [6, 6.07) is 8.18. The van der Waals surface area contributed by atoms with Gasteiger partial charge in [-0.05, 0) is 19.1 Å². The van der Waals surface area contributed by atoms with Gasteiger partial charge in [0.15, 0.2) is 5.65 Å². The highest BCUT2D eigenvalue weighted by Gasteiger charge is 2.23. The molecule has 1 fully saturated rings. The third-order valence-electron chi connectivity index (χ3n) is 4.69. The van der Waals surface area contributed by atoms with Gasteiger partial charge in [-0.2, -0.15) is 5.10 Å². The molecule has 0 amide bonds. The van der Waals surface area contributed by atoms with Crippen LogP contribution in [-0.4, -0.2) is 53.0 Å². The molecule has 1 aliphatic heterocycles. The number of anilines is 2. The highest BCUT2D eigenvalue weighted by atomic mass is 16.5. The van der Waals surface area contributed by atoms with E-state index >= 15 is 0 Å². The average Bonchev–Trinajstić information content (AvgIpc) is 3.02. The van der Waals surface area contributed by atoms with E-state index < -0.39 is 0 Å². The Hall–Kier alpha value is -2.83. The highest BCUT2D eigenvalue weighted by molar-refractivity contribution is 5.87. The molecule has 0 atom stereocenters. The molecule has 7 nitrogen and oxygen atoms in total. The third kappa shape index (κ3) is 2.75. The summed E-state index contributed by atoms with van der Waals surface area (Å²) < 4.78 is 7.30. The number of aromatic nitrogens is 4. The van der Waals surface area contributed by atoms with Crippen LogP contribution in [0.4, 0.5) is 11.5 Å². The monoisotopic (exact) mass is 338 g/mol. The van der Waals surface area contributed by atoms with Crippen molar-refractivity contribution in [2.45, 2.75) is 6.92 Å². The number of methoxy groups -OCH3 is 1. The van der Waals surface area contributed by atoms with Crippen molar-refractivity contribution in [1.29, 1.82) is 0 Å². The third-order valence-corrected chi connectivity index (χ3v) is 4.69. The lowest BCUT2D eigenvalue weighted by atomic mass is 10.2. The first-order valence-corrected chi connectivity index (χ1v) is 8.46. The van der Waals surface area contributed by atoms with Crippen LogP contribution >= 0.6 is 0 Å². The van der Waals surface area contributed by atoms with Gasteiger partial charge in [0.25, 0.3) is 0 Å². The van der Waals surface area contributed by atoms with E-state index in [4.69, 9.17) is 4.74 Å². The van der Waals surface area contributed by atoms with Gasteiger partial charge in [-0.3, -0.25) is 4.68 Å². The van der Waals surface area contributed by atoms with Crippen LogP contribution in [0.1, 0.15) is 5.82 Å². The molecular weight excluding hydrogens is 316 g/mol. The van der Waals surface area contributed by atoms with Crippen LogP contribution in [0.5, 0.6) is 5.75 Å². The van der Waals surface area contributed by atoms with Crippen LogP contribution in [0.3, 0.4) is 0 Å². The van der Waals surface area contributed by atoms with Crippen LogP contribution in [0, 0.1) is 6.92 Å². The molecule has 0 unspecified atom stereocenters. The van der Waals surface area contributed by atoms with Crippen LogP contribution < -0.4 is 14.5 Å². The number of hydrogen-bond donors (Lipinski definition) is 0. The summed E-state index contributed by atoms with van der Waals surface area (Å²) in [6.45, 7) is 5.58. The largest absolute Gasteiger partial charge is 0.495 e. The molecule has 130 valence electrons. The fourth-order valence-electron chi connectivity index (χ4n) is 3.40. The molecule has 0 radical (unpaired) electrons. The topological polar surface area (TPSA) is 59.3 Å². The van der Waals surface area contributed by atoms with Gasteiger partial charge in [0.05, 0.1) is 24.4 Å². The van der Waals surface area contributed by atoms with Gasteiger partial charge in [-0.1, -0.05) is 12.1 Å². The zero-order valence-corrected chi connectivity index (χ0v) is 14.8. The van der Waals surface area contributed by atoms with Gasteiger partial charge >= 0.3 is 0 Å². The number of ether oxygens (including phenoxy) is 1.